The first-order valence-corrected chi connectivity index (χ1v) is 8.34. The van der Waals surface area contributed by atoms with E-state index < -0.39 is 0 Å². The number of para-hydroxylation sites is 1. The fraction of sp³-hybridized carbons (Fsp3) is 0.222. The van der Waals surface area contributed by atoms with Gasteiger partial charge >= 0.3 is 0 Å². The molecule has 0 radical (unpaired) electrons. The first-order valence-electron chi connectivity index (χ1n) is 7.96. The van der Waals surface area contributed by atoms with Gasteiger partial charge in [-0.05, 0) is 23.4 Å². The maximum Gasteiger partial charge on any atom is 0.246 e. The quantitative estimate of drug-likeness (QED) is 0.666. The molecule has 8 heteroatoms. The zero-order valence-electron chi connectivity index (χ0n) is 14.5. The van der Waals surface area contributed by atoms with E-state index in [2.05, 4.69) is 15.4 Å². The van der Waals surface area contributed by atoms with E-state index in [1.54, 1.807) is 31.2 Å². The summed E-state index contributed by atoms with van der Waals surface area (Å²) in [6.07, 6.45) is 0. The van der Waals surface area contributed by atoms with Crippen molar-refractivity contribution in [3.8, 4) is 17.1 Å². The number of ether oxygens (including phenoxy) is 1. The number of carbonyl (C=O) groups excluding carboxylic acids is 1. The van der Waals surface area contributed by atoms with Crippen molar-refractivity contribution >= 4 is 17.5 Å². The zero-order chi connectivity index (χ0) is 18.5. The monoisotopic (exact) mass is 371 g/mol. The third kappa shape index (κ3) is 4.18. The van der Waals surface area contributed by atoms with Crippen molar-refractivity contribution in [3.63, 3.8) is 0 Å². The third-order valence-electron chi connectivity index (χ3n) is 3.84. The largest absolute Gasteiger partial charge is 0.496 e. The zero-order valence-corrected chi connectivity index (χ0v) is 15.2. The standard InChI is InChI=1S/C18H18ClN5O2/c1-23(11-14-6-3-4-9-16(14)26-2)17(25)12-24-21-18(20-22-24)13-7-5-8-15(19)10-13/h3-10H,11-12H2,1-2H3. The van der Waals surface area contributed by atoms with Gasteiger partial charge in [0.1, 0.15) is 12.3 Å². The molecule has 1 amide bonds. The van der Waals surface area contributed by atoms with Crippen LogP contribution in [0.1, 0.15) is 5.56 Å². The molecule has 0 aliphatic heterocycles. The van der Waals surface area contributed by atoms with Crippen LogP contribution in [0, 0.1) is 0 Å². The van der Waals surface area contributed by atoms with Crippen molar-refractivity contribution in [2.75, 3.05) is 14.2 Å². The lowest BCUT2D eigenvalue weighted by Gasteiger charge is -2.18. The van der Waals surface area contributed by atoms with Crippen LogP contribution in [-0.4, -0.2) is 45.2 Å². The molecule has 26 heavy (non-hydrogen) atoms. The van der Waals surface area contributed by atoms with Gasteiger partial charge in [0.05, 0.1) is 7.11 Å². The molecule has 3 aromatic rings. The van der Waals surface area contributed by atoms with E-state index in [0.717, 1.165) is 16.9 Å². The van der Waals surface area contributed by atoms with E-state index in [4.69, 9.17) is 16.3 Å². The van der Waals surface area contributed by atoms with Crippen molar-refractivity contribution in [1.82, 2.24) is 25.1 Å². The molecule has 0 fully saturated rings. The summed E-state index contributed by atoms with van der Waals surface area (Å²) in [6, 6.07) is 14.8. The molecule has 0 unspecified atom stereocenters. The number of hydrogen-bond donors (Lipinski definition) is 0. The van der Waals surface area contributed by atoms with Gasteiger partial charge in [-0.2, -0.15) is 4.80 Å². The minimum Gasteiger partial charge on any atom is -0.496 e. The molecule has 1 aromatic heterocycles. The number of tetrazole rings is 1. The van der Waals surface area contributed by atoms with Crippen molar-refractivity contribution in [3.05, 3.63) is 59.1 Å². The van der Waals surface area contributed by atoms with Gasteiger partial charge in [-0.25, -0.2) is 0 Å². The van der Waals surface area contributed by atoms with Crippen LogP contribution in [0.15, 0.2) is 48.5 Å². The molecule has 7 nitrogen and oxygen atoms in total. The molecular weight excluding hydrogens is 354 g/mol. The molecule has 3 rings (SSSR count). The van der Waals surface area contributed by atoms with E-state index in [1.165, 1.54) is 4.80 Å². The lowest BCUT2D eigenvalue weighted by atomic mass is 10.2. The summed E-state index contributed by atoms with van der Waals surface area (Å²) in [5.74, 6) is 1.04. The number of benzene rings is 2. The summed E-state index contributed by atoms with van der Waals surface area (Å²) in [5, 5.41) is 12.8. The van der Waals surface area contributed by atoms with Gasteiger partial charge < -0.3 is 9.64 Å². The number of rotatable bonds is 6. The summed E-state index contributed by atoms with van der Waals surface area (Å²) >= 11 is 5.98. The first-order chi connectivity index (χ1) is 12.6. The number of methoxy groups -OCH3 is 1. The number of nitrogens with zero attached hydrogens (tertiary/aromatic N) is 5. The second-order valence-corrected chi connectivity index (χ2v) is 6.15. The Morgan fingerprint density at radius 1 is 1.23 bits per heavy atom. The number of carbonyl (C=O) groups is 1. The maximum absolute atomic E-state index is 12.5. The van der Waals surface area contributed by atoms with E-state index in [1.807, 2.05) is 36.4 Å². The van der Waals surface area contributed by atoms with E-state index >= 15 is 0 Å². The minimum absolute atomic E-state index is 0.000779. The van der Waals surface area contributed by atoms with E-state index in [0.29, 0.717) is 17.4 Å². The SMILES string of the molecule is COc1ccccc1CN(C)C(=O)Cn1nnc(-c2cccc(Cl)c2)n1. The minimum atomic E-state index is -0.133. The van der Waals surface area contributed by atoms with Gasteiger partial charge in [0.25, 0.3) is 0 Å². The number of likely N-dealkylation sites (N-methyl/N-ethyl adjacent to an activating group) is 1. The summed E-state index contributed by atoms with van der Waals surface area (Å²) in [7, 11) is 3.33. The van der Waals surface area contributed by atoms with Gasteiger partial charge in [0.15, 0.2) is 0 Å². The Kier molecular flexibility index (Phi) is 5.48. The Hall–Kier alpha value is -2.93. The highest BCUT2D eigenvalue weighted by molar-refractivity contribution is 6.30. The first kappa shape index (κ1) is 17.9. The topological polar surface area (TPSA) is 73.1 Å². The highest BCUT2D eigenvalue weighted by Crippen LogP contribution is 2.19. The van der Waals surface area contributed by atoms with Gasteiger partial charge in [0, 0.05) is 29.7 Å². The summed E-state index contributed by atoms with van der Waals surface area (Å²) in [4.78, 5) is 15.3. The lowest BCUT2D eigenvalue weighted by molar-refractivity contribution is -0.131. The highest BCUT2D eigenvalue weighted by Gasteiger charge is 2.15. The second kappa shape index (κ2) is 7.97. The molecule has 0 N–H and O–H groups in total. The van der Waals surface area contributed by atoms with Crippen LogP contribution >= 0.6 is 11.6 Å². The molecule has 0 saturated carbocycles. The van der Waals surface area contributed by atoms with Crippen LogP contribution in [0.25, 0.3) is 11.4 Å². The number of halogens is 1. The maximum atomic E-state index is 12.5. The second-order valence-electron chi connectivity index (χ2n) is 5.72. The number of amides is 1. The molecule has 2 aromatic carbocycles. The van der Waals surface area contributed by atoms with Crippen molar-refractivity contribution < 1.29 is 9.53 Å². The Balaban J connectivity index is 1.66. The average molecular weight is 372 g/mol. The molecule has 0 atom stereocenters. The molecular formula is C18H18ClN5O2. The van der Waals surface area contributed by atoms with Crippen LogP contribution in [0.4, 0.5) is 0 Å². The summed E-state index contributed by atoms with van der Waals surface area (Å²) in [5.41, 5.74) is 1.68. The van der Waals surface area contributed by atoms with E-state index in [9.17, 15) is 4.79 Å². The molecule has 0 saturated heterocycles. The van der Waals surface area contributed by atoms with Crippen LogP contribution in [0.5, 0.6) is 5.75 Å². The molecule has 1 heterocycles. The number of aromatic nitrogens is 4. The smallest absolute Gasteiger partial charge is 0.246 e. The molecule has 0 spiro atoms. The van der Waals surface area contributed by atoms with Crippen molar-refractivity contribution in [2.24, 2.45) is 0 Å². The fourth-order valence-electron chi connectivity index (χ4n) is 2.47. The summed E-state index contributed by atoms with van der Waals surface area (Å²) in [6.45, 7) is 0.428. The summed E-state index contributed by atoms with van der Waals surface area (Å²) < 4.78 is 5.32. The van der Waals surface area contributed by atoms with E-state index in [-0.39, 0.29) is 12.5 Å². The van der Waals surface area contributed by atoms with Gasteiger partial charge in [-0.15, -0.1) is 10.2 Å². The Labute approximate surface area is 156 Å². The molecule has 0 bridgehead atoms. The average Bonchev–Trinajstić information content (AvgIpc) is 3.10. The Bertz CT molecular complexity index is 912. The Morgan fingerprint density at radius 2 is 2.04 bits per heavy atom. The van der Waals surface area contributed by atoms with Crippen LogP contribution in [0.2, 0.25) is 5.02 Å². The van der Waals surface area contributed by atoms with Crippen LogP contribution in [-0.2, 0) is 17.9 Å². The lowest BCUT2D eigenvalue weighted by Crippen LogP contribution is -2.30. The highest BCUT2D eigenvalue weighted by atomic mass is 35.5. The number of hydrogen-bond acceptors (Lipinski definition) is 5. The van der Waals surface area contributed by atoms with Crippen LogP contribution < -0.4 is 4.74 Å². The predicted octanol–water partition coefficient (Wildman–Crippen LogP) is 2.66. The van der Waals surface area contributed by atoms with Crippen molar-refractivity contribution in [1.29, 1.82) is 0 Å². The molecule has 134 valence electrons. The van der Waals surface area contributed by atoms with Gasteiger partial charge in [-0.3, -0.25) is 4.79 Å². The van der Waals surface area contributed by atoms with Gasteiger partial charge in [0.2, 0.25) is 11.7 Å². The predicted molar refractivity (Wildman–Crippen MR) is 97.7 cm³/mol. The van der Waals surface area contributed by atoms with Crippen molar-refractivity contribution in [2.45, 2.75) is 13.1 Å². The Morgan fingerprint density at radius 3 is 2.81 bits per heavy atom. The third-order valence-corrected chi connectivity index (χ3v) is 4.07. The van der Waals surface area contributed by atoms with Gasteiger partial charge in [-0.1, -0.05) is 41.9 Å². The molecule has 0 aliphatic carbocycles. The normalized spacial score (nSPS) is 10.6. The molecule has 0 aliphatic rings. The fourth-order valence-corrected chi connectivity index (χ4v) is 2.66. The van der Waals surface area contributed by atoms with Crippen LogP contribution in [0.3, 0.4) is 0 Å².